The van der Waals surface area contributed by atoms with Crippen molar-refractivity contribution < 1.29 is 8.42 Å². The number of hydrogen-bond donors (Lipinski definition) is 0. The van der Waals surface area contributed by atoms with Crippen molar-refractivity contribution >= 4 is 48.6 Å². The molecule has 0 amide bonds. The molecule has 0 radical (unpaired) electrons. The third-order valence-electron chi connectivity index (χ3n) is 3.39. The van der Waals surface area contributed by atoms with Gasteiger partial charge in [-0.3, -0.25) is 0 Å². The molecule has 3 aromatic rings. The topological polar surface area (TPSA) is 52.0 Å². The van der Waals surface area contributed by atoms with Crippen LogP contribution in [0.3, 0.4) is 0 Å². The van der Waals surface area contributed by atoms with Gasteiger partial charge in [0.25, 0.3) is 0 Å². The summed E-state index contributed by atoms with van der Waals surface area (Å²) in [6.45, 7) is 1.79. The highest BCUT2D eigenvalue weighted by molar-refractivity contribution is 9.10. The van der Waals surface area contributed by atoms with Gasteiger partial charge in [-0.05, 0) is 40.0 Å². The Bertz CT molecular complexity index is 953. The first kappa shape index (κ1) is 15.5. The van der Waals surface area contributed by atoms with Gasteiger partial charge in [-0.2, -0.15) is 0 Å². The molecule has 0 aliphatic rings. The van der Waals surface area contributed by atoms with Crippen LogP contribution in [0.25, 0.3) is 11.0 Å². The van der Waals surface area contributed by atoms with E-state index in [2.05, 4.69) is 20.9 Å². The molecule has 0 saturated carbocycles. The average molecular weight is 400 g/mol. The SMILES string of the molecule is Cc1c(Cl)n(S(=O)(=O)Cc2ccccc2)c2ncc(Br)cc12. The predicted molar refractivity (Wildman–Crippen MR) is 91.6 cm³/mol. The van der Waals surface area contributed by atoms with E-state index in [9.17, 15) is 8.42 Å². The maximum atomic E-state index is 12.8. The van der Waals surface area contributed by atoms with Gasteiger partial charge in [0, 0.05) is 16.1 Å². The van der Waals surface area contributed by atoms with Crippen LogP contribution in [-0.2, 0) is 15.8 Å². The average Bonchev–Trinajstić information content (AvgIpc) is 2.72. The summed E-state index contributed by atoms with van der Waals surface area (Å²) in [6, 6.07) is 10.8. The highest BCUT2D eigenvalue weighted by Gasteiger charge is 2.24. The number of aryl methyl sites for hydroxylation is 1. The lowest BCUT2D eigenvalue weighted by Crippen LogP contribution is -2.15. The maximum Gasteiger partial charge on any atom is 0.245 e. The zero-order chi connectivity index (χ0) is 15.9. The minimum absolute atomic E-state index is 0.130. The Labute approximate surface area is 141 Å². The smallest absolute Gasteiger partial charge is 0.236 e. The van der Waals surface area contributed by atoms with Gasteiger partial charge in [0.2, 0.25) is 10.0 Å². The van der Waals surface area contributed by atoms with Crippen LogP contribution < -0.4 is 0 Å². The lowest BCUT2D eigenvalue weighted by Gasteiger charge is -2.08. The van der Waals surface area contributed by atoms with E-state index in [0.29, 0.717) is 16.8 Å². The molecule has 0 spiro atoms. The fourth-order valence-electron chi connectivity index (χ4n) is 2.33. The van der Waals surface area contributed by atoms with E-state index in [1.54, 1.807) is 37.4 Å². The van der Waals surface area contributed by atoms with Crippen molar-refractivity contribution in [3.8, 4) is 0 Å². The van der Waals surface area contributed by atoms with E-state index in [1.807, 2.05) is 12.1 Å². The zero-order valence-corrected chi connectivity index (χ0v) is 14.8. The van der Waals surface area contributed by atoms with Gasteiger partial charge in [0.15, 0.2) is 5.65 Å². The fourth-order valence-corrected chi connectivity index (χ4v) is 4.69. The van der Waals surface area contributed by atoms with Crippen LogP contribution in [0.4, 0.5) is 0 Å². The van der Waals surface area contributed by atoms with Crippen molar-refractivity contribution in [3.63, 3.8) is 0 Å². The second kappa shape index (κ2) is 5.68. The molecule has 114 valence electrons. The zero-order valence-electron chi connectivity index (χ0n) is 11.6. The summed E-state index contributed by atoms with van der Waals surface area (Å²) >= 11 is 9.61. The molecule has 0 aliphatic heterocycles. The van der Waals surface area contributed by atoms with Crippen molar-refractivity contribution in [1.29, 1.82) is 0 Å². The second-order valence-electron chi connectivity index (χ2n) is 4.95. The van der Waals surface area contributed by atoms with Crippen LogP contribution in [-0.4, -0.2) is 17.4 Å². The molecule has 0 atom stereocenters. The van der Waals surface area contributed by atoms with Crippen molar-refractivity contribution in [3.05, 3.63) is 63.3 Å². The van der Waals surface area contributed by atoms with Crippen molar-refractivity contribution in [2.75, 3.05) is 0 Å². The minimum atomic E-state index is -3.66. The van der Waals surface area contributed by atoms with Gasteiger partial charge in [-0.1, -0.05) is 41.9 Å². The Kier molecular flexibility index (Phi) is 4.01. The van der Waals surface area contributed by atoms with Gasteiger partial charge in [-0.15, -0.1) is 0 Å². The number of halogens is 2. The molecule has 4 nitrogen and oxygen atoms in total. The summed E-state index contributed by atoms with van der Waals surface area (Å²) in [5, 5.41) is 0.896. The van der Waals surface area contributed by atoms with Crippen LogP contribution in [0.2, 0.25) is 5.15 Å². The van der Waals surface area contributed by atoms with E-state index in [1.165, 1.54) is 0 Å². The predicted octanol–water partition coefficient (Wildman–Crippen LogP) is 4.14. The Morgan fingerprint density at radius 1 is 1.27 bits per heavy atom. The van der Waals surface area contributed by atoms with Crippen LogP contribution in [0, 0.1) is 6.92 Å². The normalized spacial score (nSPS) is 12.0. The van der Waals surface area contributed by atoms with Crippen molar-refractivity contribution in [2.45, 2.75) is 12.7 Å². The van der Waals surface area contributed by atoms with Gasteiger partial charge in [-0.25, -0.2) is 17.4 Å². The summed E-state index contributed by atoms with van der Waals surface area (Å²) < 4.78 is 27.4. The molecular weight excluding hydrogens is 388 g/mol. The van der Waals surface area contributed by atoms with Crippen LogP contribution in [0.15, 0.2) is 47.1 Å². The van der Waals surface area contributed by atoms with Gasteiger partial charge in [0.05, 0.1) is 5.75 Å². The highest BCUT2D eigenvalue weighted by Crippen LogP contribution is 2.32. The first-order chi connectivity index (χ1) is 10.4. The molecule has 2 heterocycles. The lowest BCUT2D eigenvalue weighted by atomic mass is 10.2. The quantitative estimate of drug-likeness (QED) is 0.665. The number of nitrogens with zero attached hydrogens (tertiary/aromatic N) is 2. The lowest BCUT2D eigenvalue weighted by molar-refractivity contribution is 0.588. The number of aromatic nitrogens is 2. The minimum Gasteiger partial charge on any atom is -0.236 e. The number of fused-ring (bicyclic) bond motifs is 1. The van der Waals surface area contributed by atoms with Crippen molar-refractivity contribution in [2.24, 2.45) is 0 Å². The molecule has 0 fully saturated rings. The van der Waals surface area contributed by atoms with Crippen LogP contribution in [0.5, 0.6) is 0 Å². The van der Waals surface area contributed by atoms with Crippen LogP contribution in [0.1, 0.15) is 11.1 Å². The monoisotopic (exact) mass is 398 g/mol. The van der Waals surface area contributed by atoms with E-state index in [4.69, 9.17) is 11.6 Å². The second-order valence-corrected chi connectivity index (χ2v) is 8.04. The third-order valence-corrected chi connectivity index (χ3v) is 5.98. The molecule has 7 heteroatoms. The summed E-state index contributed by atoms with van der Waals surface area (Å²) in [6.07, 6.45) is 1.56. The molecule has 0 unspecified atom stereocenters. The van der Waals surface area contributed by atoms with E-state index in [-0.39, 0.29) is 10.9 Å². The molecule has 0 bridgehead atoms. The van der Waals surface area contributed by atoms with Crippen LogP contribution >= 0.6 is 27.5 Å². The van der Waals surface area contributed by atoms with Gasteiger partial charge >= 0.3 is 0 Å². The third kappa shape index (κ3) is 2.66. The van der Waals surface area contributed by atoms with E-state index >= 15 is 0 Å². The van der Waals surface area contributed by atoms with Crippen molar-refractivity contribution in [1.82, 2.24) is 8.96 Å². The largest absolute Gasteiger partial charge is 0.245 e. The molecule has 0 saturated heterocycles. The number of pyridine rings is 1. The van der Waals surface area contributed by atoms with E-state index in [0.717, 1.165) is 13.8 Å². The Balaban J connectivity index is 2.19. The number of hydrogen-bond acceptors (Lipinski definition) is 3. The highest BCUT2D eigenvalue weighted by atomic mass is 79.9. The number of benzene rings is 1. The molecule has 0 N–H and O–H groups in total. The number of rotatable bonds is 3. The summed E-state index contributed by atoms with van der Waals surface area (Å²) in [5.41, 5.74) is 1.75. The Morgan fingerprint density at radius 2 is 1.95 bits per heavy atom. The summed E-state index contributed by atoms with van der Waals surface area (Å²) in [7, 11) is -3.66. The summed E-state index contributed by atoms with van der Waals surface area (Å²) in [4.78, 5) is 4.22. The fraction of sp³-hybridized carbons (Fsp3) is 0.133. The molecule has 0 aliphatic carbocycles. The maximum absolute atomic E-state index is 12.8. The van der Waals surface area contributed by atoms with Gasteiger partial charge < -0.3 is 0 Å². The molecular formula is C15H12BrClN2O2S. The first-order valence-corrected chi connectivity index (χ1v) is 9.27. The molecule has 1 aromatic carbocycles. The first-order valence-electron chi connectivity index (χ1n) is 6.49. The summed E-state index contributed by atoms with van der Waals surface area (Å²) in [5.74, 6) is -0.130. The molecule has 3 rings (SSSR count). The van der Waals surface area contributed by atoms with Gasteiger partial charge in [0.1, 0.15) is 5.15 Å². The standard InChI is InChI=1S/C15H12BrClN2O2S/c1-10-13-7-12(16)8-18-15(13)19(14(10)17)22(20,21)9-11-5-3-2-4-6-11/h2-8H,9H2,1H3. The Hall–Kier alpha value is -1.37. The Morgan fingerprint density at radius 3 is 2.64 bits per heavy atom. The molecule has 2 aromatic heterocycles. The molecule has 22 heavy (non-hydrogen) atoms. The van der Waals surface area contributed by atoms with E-state index < -0.39 is 10.0 Å².